The van der Waals surface area contributed by atoms with Gasteiger partial charge >= 0.3 is 5.97 Å². The van der Waals surface area contributed by atoms with Crippen molar-refractivity contribution in [1.82, 2.24) is 0 Å². The van der Waals surface area contributed by atoms with E-state index in [4.69, 9.17) is 4.74 Å². The first kappa shape index (κ1) is 20.6. The molecule has 2 N–H and O–H groups in total. The van der Waals surface area contributed by atoms with Crippen molar-refractivity contribution in [3.05, 3.63) is 63.7 Å². The molecule has 0 unspecified atom stereocenters. The fourth-order valence-electron chi connectivity index (χ4n) is 2.27. The number of nitro benzene ring substituents is 1. The van der Waals surface area contributed by atoms with Crippen molar-refractivity contribution in [2.24, 2.45) is 0 Å². The van der Waals surface area contributed by atoms with Gasteiger partial charge in [-0.3, -0.25) is 19.7 Å². The normalized spacial score (nSPS) is 10.1. The van der Waals surface area contributed by atoms with Gasteiger partial charge in [-0.15, -0.1) is 0 Å². The lowest BCUT2D eigenvalue weighted by Crippen LogP contribution is -2.14. The van der Waals surface area contributed by atoms with Crippen molar-refractivity contribution in [1.29, 1.82) is 0 Å². The number of carbonyl (C=O) groups is 3. The first-order chi connectivity index (χ1) is 13.3. The van der Waals surface area contributed by atoms with Gasteiger partial charge in [0, 0.05) is 35.5 Å². The molecule has 0 aliphatic heterocycles. The van der Waals surface area contributed by atoms with Crippen molar-refractivity contribution >= 4 is 34.8 Å². The molecule has 2 amide bonds. The number of amides is 2. The highest BCUT2D eigenvalue weighted by Crippen LogP contribution is 2.20. The molecule has 0 atom stereocenters. The molecule has 0 heterocycles. The average Bonchev–Trinajstić information content (AvgIpc) is 2.69. The number of ether oxygens (including phenoxy) is 1. The second-order valence-electron chi connectivity index (χ2n) is 5.68. The summed E-state index contributed by atoms with van der Waals surface area (Å²) in [6.45, 7) is 3.44. The van der Waals surface area contributed by atoms with Crippen LogP contribution in [0, 0.1) is 10.1 Å². The Morgan fingerprint density at radius 1 is 0.964 bits per heavy atom. The monoisotopic (exact) mass is 385 g/mol. The summed E-state index contributed by atoms with van der Waals surface area (Å²) < 4.78 is 4.84. The molecule has 9 heteroatoms. The summed E-state index contributed by atoms with van der Waals surface area (Å²) in [4.78, 5) is 46.2. The molecule has 0 aromatic heterocycles. The fraction of sp³-hybridized carbons (Fsp3) is 0.211. The Bertz CT molecular complexity index is 908. The first-order valence-corrected chi connectivity index (χ1v) is 8.52. The van der Waals surface area contributed by atoms with Crippen LogP contribution in [0.25, 0.3) is 0 Å². The summed E-state index contributed by atoms with van der Waals surface area (Å²) in [7, 11) is 0. The van der Waals surface area contributed by atoms with Crippen LogP contribution in [0.15, 0.2) is 42.5 Å². The number of nitrogens with one attached hydrogen (secondary N) is 2. The van der Waals surface area contributed by atoms with E-state index in [-0.39, 0.29) is 23.6 Å². The van der Waals surface area contributed by atoms with Crippen LogP contribution in [0.1, 0.15) is 41.0 Å². The summed E-state index contributed by atoms with van der Waals surface area (Å²) in [5.41, 5.74) is 0.459. The molecular weight excluding hydrogens is 366 g/mol. The molecule has 2 aromatic carbocycles. The lowest BCUT2D eigenvalue weighted by Gasteiger charge is -2.09. The van der Waals surface area contributed by atoms with E-state index < -0.39 is 22.5 Å². The number of esters is 1. The summed E-state index contributed by atoms with van der Waals surface area (Å²) in [5, 5.41) is 16.4. The number of rotatable bonds is 7. The maximum Gasteiger partial charge on any atom is 0.338 e. The Labute approximate surface area is 160 Å². The summed E-state index contributed by atoms with van der Waals surface area (Å²) in [6, 6.07) is 9.74. The van der Waals surface area contributed by atoms with Gasteiger partial charge in [-0.1, -0.05) is 6.92 Å². The number of anilines is 2. The van der Waals surface area contributed by atoms with Crippen molar-refractivity contribution < 1.29 is 24.0 Å². The molecule has 2 aromatic rings. The van der Waals surface area contributed by atoms with Crippen LogP contribution in [0.4, 0.5) is 17.1 Å². The summed E-state index contributed by atoms with van der Waals surface area (Å²) in [5.74, 6) is -1.52. The Balaban J connectivity index is 2.22. The number of carbonyl (C=O) groups excluding carboxylic acids is 3. The van der Waals surface area contributed by atoms with Crippen molar-refractivity contribution in [2.45, 2.75) is 20.3 Å². The number of benzene rings is 2. The van der Waals surface area contributed by atoms with E-state index in [0.29, 0.717) is 17.8 Å². The molecule has 0 radical (unpaired) electrons. The second-order valence-corrected chi connectivity index (χ2v) is 5.68. The highest BCUT2D eigenvalue weighted by Gasteiger charge is 2.19. The number of hydrogen-bond donors (Lipinski definition) is 2. The third-order valence-electron chi connectivity index (χ3n) is 3.65. The third-order valence-corrected chi connectivity index (χ3v) is 3.65. The quantitative estimate of drug-likeness (QED) is 0.427. The zero-order valence-electron chi connectivity index (χ0n) is 15.4. The standard InChI is InChI=1S/C19H19N3O6/c1-3-17(23)20-14-5-7-15(8-6-14)21-18(24)12-9-13(19(25)28-4-2)11-16(10-12)22(26)27/h5-11H,3-4H2,1-2H3,(H,20,23)(H,21,24). The molecule has 0 fully saturated rings. The highest BCUT2D eigenvalue weighted by molar-refractivity contribution is 6.06. The van der Waals surface area contributed by atoms with Crippen LogP contribution in [0.2, 0.25) is 0 Å². The second kappa shape index (κ2) is 9.26. The Morgan fingerprint density at radius 3 is 2.07 bits per heavy atom. The van der Waals surface area contributed by atoms with E-state index in [0.717, 1.165) is 12.1 Å². The first-order valence-electron chi connectivity index (χ1n) is 8.52. The fourth-order valence-corrected chi connectivity index (χ4v) is 2.27. The van der Waals surface area contributed by atoms with Gasteiger partial charge in [-0.2, -0.15) is 0 Å². The zero-order chi connectivity index (χ0) is 20.7. The predicted molar refractivity (Wildman–Crippen MR) is 102 cm³/mol. The molecule has 0 bridgehead atoms. The maximum atomic E-state index is 12.5. The lowest BCUT2D eigenvalue weighted by atomic mass is 10.1. The molecule has 28 heavy (non-hydrogen) atoms. The van der Waals surface area contributed by atoms with E-state index in [1.807, 2.05) is 0 Å². The van der Waals surface area contributed by atoms with Gasteiger partial charge in [0.2, 0.25) is 5.91 Å². The van der Waals surface area contributed by atoms with E-state index >= 15 is 0 Å². The van der Waals surface area contributed by atoms with Crippen LogP contribution in [0.5, 0.6) is 0 Å². The topological polar surface area (TPSA) is 128 Å². The van der Waals surface area contributed by atoms with Crippen molar-refractivity contribution in [3.8, 4) is 0 Å². The number of nitrogens with zero attached hydrogens (tertiary/aromatic N) is 1. The number of hydrogen-bond acceptors (Lipinski definition) is 6. The van der Waals surface area contributed by atoms with Crippen LogP contribution >= 0.6 is 0 Å². The summed E-state index contributed by atoms with van der Waals surface area (Å²) in [6.07, 6.45) is 0.341. The molecular formula is C19H19N3O6. The molecule has 0 spiro atoms. The van der Waals surface area contributed by atoms with Gasteiger partial charge in [0.25, 0.3) is 11.6 Å². The van der Waals surface area contributed by atoms with Gasteiger partial charge in [0.05, 0.1) is 17.1 Å². The van der Waals surface area contributed by atoms with Crippen LogP contribution in [-0.4, -0.2) is 29.3 Å². The van der Waals surface area contributed by atoms with Crippen LogP contribution < -0.4 is 10.6 Å². The third kappa shape index (κ3) is 5.37. The Hall–Kier alpha value is -3.75. The molecule has 0 aliphatic rings. The molecule has 0 aliphatic carbocycles. The molecule has 2 rings (SSSR count). The predicted octanol–water partition coefficient (Wildman–Crippen LogP) is 3.37. The van der Waals surface area contributed by atoms with Gasteiger partial charge in [-0.25, -0.2) is 4.79 Å². The Kier molecular flexibility index (Phi) is 6.80. The molecule has 0 saturated heterocycles. The number of non-ortho nitro benzene ring substituents is 1. The van der Waals surface area contributed by atoms with Gasteiger partial charge in [0.15, 0.2) is 0 Å². The molecule has 0 saturated carbocycles. The SMILES string of the molecule is CCOC(=O)c1cc(C(=O)Nc2ccc(NC(=O)CC)cc2)cc([N+](=O)[O-])c1. The van der Waals surface area contributed by atoms with E-state index in [2.05, 4.69) is 10.6 Å². The smallest absolute Gasteiger partial charge is 0.338 e. The van der Waals surface area contributed by atoms with Crippen LogP contribution in [0.3, 0.4) is 0 Å². The maximum absolute atomic E-state index is 12.5. The van der Waals surface area contributed by atoms with E-state index in [1.165, 1.54) is 6.07 Å². The van der Waals surface area contributed by atoms with E-state index in [1.54, 1.807) is 38.1 Å². The van der Waals surface area contributed by atoms with Crippen LogP contribution in [-0.2, 0) is 9.53 Å². The summed E-state index contributed by atoms with van der Waals surface area (Å²) >= 11 is 0. The average molecular weight is 385 g/mol. The van der Waals surface area contributed by atoms with Crippen molar-refractivity contribution in [3.63, 3.8) is 0 Å². The van der Waals surface area contributed by atoms with E-state index in [9.17, 15) is 24.5 Å². The minimum Gasteiger partial charge on any atom is -0.462 e. The highest BCUT2D eigenvalue weighted by atomic mass is 16.6. The van der Waals surface area contributed by atoms with Crippen molar-refractivity contribution in [2.75, 3.05) is 17.2 Å². The zero-order valence-corrected chi connectivity index (χ0v) is 15.4. The Morgan fingerprint density at radius 2 is 1.54 bits per heavy atom. The van der Waals surface area contributed by atoms with Gasteiger partial charge < -0.3 is 15.4 Å². The minimum atomic E-state index is -0.753. The molecule has 146 valence electrons. The minimum absolute atomic E-state index is 0.0550. The number of nitro groups is 1. The van der Waals surface area contributed by atoms with Gasteiger partial charge in [-0.05, 0) is 37.3 Å². The van der Waals surface area contributed by atoms with Gasteiger partial charge in [0.1, 0.15) is 0 Å². The lowest BCUT2D eigenvalue weighted by molar-refractivity contribution is -0.384. The largest absolute Gasteiger partial charge is 0.462 e. The molecule has 9 nitrogen and oxygen atoms in total.